The Balaban J connectivity index is 1.64. The molecular weight excluding hydrogens is 328 g/mol. The molecule has 4 nitrogen and oxygen atoms in total. The molecule has 0 radical (unpaired) electrons. The molecule has 0 bridgehead atoms. The summed E-state index contributed by atoms with van der Waals surface area (Å²) in [6.45, 7) is -2.47. The minimum atomic E-state index is -2.93. The monoisotopic (exact) mass is 345 g/mol. The van der Waals surface area contributed by atoms with Gasteiger partial charge in [-0.05, 0) is 36.1 Å². The minimum absolute atomic E-state index is 0.0380. The highest BCUT2D eigenvalue weighted by molar-refractivity contribution is 5.99. The van der Waals surface area contributed by atoms with E-state index in [1.165, 1.54) is 11.0 Å². The predicted molar refractivity (Wildman–Crippen MR) is 88.3 cm³/mol. The normalized spacial score (nSPS) is 18.5. The Labute approximate surface area is 144 Å². The summed E-state index contributed by atoms with van der Waals surface area (Å²) in [7, 11) is 0. The number of amides is 1. The van der Waals surface area contributed by atoms with Crippen LogP contribution in [0.15, 0.2) is 42.5 Å². The molecule has 2 aliphatic rings. The third kappa shape index (κ3) is 2.92. The quantitative estimate of drug-likeness (QED) is 0.854. The highest BCUT2D eigenvalue weighted by Crippen LogP contribution is 2.39. The largest absolute Gasteiger partial charge is 0.480 e. The van der Waals surface area contributed by atoms with Crippen LogP contribution in [0.4, 0.5) is 14.5 Å². The zero-order chi connectivity index (χ0) is 17.4. The Morgan fingerprint density at radius 1 is 1.16 bits per heavy atom. The summed E-state index contributed by atoms with van der Waals surface area (Å²) in [6, 6.07) is 12.5. The topological polar surface area (TPSA) is 38.8 Å². The summed E-state index contributed by atoms with van der Waals surface area (Å²) in [5, 5.41) is 0. The van der Waals surface area contributed by atoms with Crippen LogP contribution in [0, 0.1) is 0 Å². The second-order valence-corrected chi connectivity index (χ2v) is 6.15. The molecule has 0 saturated carbocycles. The molecule has 0 aromatic heterocycles. The molecule has 2 heterocycles. The van der Waals surface area contributed by atoms with Gasteiger partial charge in [0.2, 0.25) is 0 Å². The highest BCUT2D eigenvalue weighted by atomic mass is 19.3. The van der Waals surface area contributed by atoms with Crippen molar-refractivity contribution < 1.29 is 23.0 Å². The number of hydrogen-bond acceptors (Lipinski definition) is 3. The Hall–Kier alpha value is -2.63. The van der Waals surface area contributed by atoms with Gasteiger partial charge in [0.15, 0.2) is 6.10 Å². The van der Waals surface area contributed by atoms with Gasteiger partial charge in [0.05, 0.1) is 5.69 Å². The van der Waals surface area contributed by atoms with E-state index in [1.807, 2.05) is 30.3 Å². The smallest absolute Gasteiger partial charge is 0.387 e. The van der Waals surface area contributed by atoms with E-state index in [2.05, 4.69) is 4.74 Å². The maximum Gasteiger partial charge on any atom is 0.387 e. The molecular formula is C19H17F2NO3. The number of carbonyl (C=O) groups is 1. The third-order valence-electron chi connectivity index (χ3n) is 4.58. The molecule has 0 saturated heterocycles. The standard InChI is InChI=1S/C19H17F2NO3/c20-19(21)25-15-9-3-6-12-7-4-10-22(17(12)15)18(23)16-11-13-5-1-2-8-14(13)24-16/h1-3,5-6,8-9,16,19H,4,7,10-11H2. The van der Waals surface area contributed by atoms with Crippen molar-refractivity contribution in [1.82, 2.24) is 0 Å². The Morgan fingerprint density at radius 2 is 1.96 bits per heavy atom. The molecule has 1 amide bonds. The van der Waals surface area contributed by atoms with Crippen LogP contribution in [0.2, 0.25) is 0 Å². The molecule has 0 fully saturated rings. The summed E-state index contributed by atoms with van der Waals surface area (Å²) in [6.07, 6.45) is 1.35. The number of fused-ring (bicyclic) bond motifs is 2. The van der Waals surface area contributed by atoms with Crippen LogP contribution in [0.5, 0.6) is 11.5 Å². The summed E-state index contributed by atoms with van der Waals surface area (Å²) < 4.78 is 35.9. The average molecular weight is 345 g/mol. The van der Waals surface area contributed by atoms with E-state index >= 15 is 0 Å². The third-order valence-corrected chi connectivity index (χ3v) is 4.58. The molecule has 6 heteroatoms. The highest BCUT2D eigenvalue weighted by Gasteiger charge is 2.36. The van der Waals surface area contributed by atoms with Crippen molar-refractivity contribution in [3.8, 4) is 11.5 Å². The van der Waals surface area contributed by atoms with Crippen LogP contribution in [0.1, 0.15) is 17.5 Å². The van der Waals surface area contributed by atoms with Crippen LogP contribution in [-0.2, 0) is 17.6 Å². The van der Waals surface area contributed by atoms with Crippen molar-refractivity contribution in [1.29, 1.82) is 0 Å². The second-order valence-electron chi connectivity index (χ2n) is 6.15. The number of alkyl halides is 2. The molecule has 0 spiro atoms. The van der Waals surface area contributed by atoms with Gasteiger partial charge in [0.25, 0.3) is 5.91 Å². The number of anilines is 1. The van der Waals surface area contributed by atoms with E-state index in [4.69, 9.17) is 4.74 Å². The molecule has 2 aromatic rings. The number of para-hydroxylation sites is 2. The van der Waals surface area contributed by atoms with Crippen molar-refractivity contribution in [2.45, 2.75) is 32.0 Å². The minimum Gasteiger partial charge on any atom is -0.480 e. The van der Waals surface area contributed by atoms with Gasteiger partial charge < -0.3 is 14.4 Å². The van der Waals surface area contributed by atoms with Gasteiger partial charge >= 0.3 is 6.61 Å². The zero-order valence-corrected chi connectivity index (χ0v) is 13.5. The predicted octanol–water partition coefficient (Wildman–Crippen LogP) is 3.57. The van der Waals surface area contributed by atoms with Crippen LogP contribution >= 0.6 is 0 Å². The van der Waals surface area contributed by atoms with Gasteiger partial charge in [0.1, 0.15) is 11.5 Å². The molecule has 2 aromatic carbocycles. The number of halogens is 2. The number of nitrogens with zero attached hydrogens (tertiary/aromatic N) is 1. The van der Waals surface area contributed by atoms with Crippen LogP contribution in [0.25, 0.3) is 0 Å². The molecule has 0 N–H and O–H groups in total. The number of hydrogen-bond donors (Lipinski definition) is 0. The van der Waals surface area contributed by atoms with Crippen LogP contribution < -0.4 is 14.4 Å². The number of aryl methyl sites for hydroxylation is 1. The number of carbonyl (C=O) groups excluding carboxylic acids is 1. The Bertz CT molecular complexity index is 784. The number of benzene rings is 2. The Morgan fingerprint density at radius 3 is 2.76 bits per heavy atom. The first-order valence-corrected chi connectivity index (χ1v) is 8.26. The first-order chi connectivity index (χ1) is 12.1. The summed E-state index contributed by atoms with van der Waals surface area (Å²) in [5.74, 6) is 0.522. The lowest BCUT2D eigenvalue weighted by atomic mass is 9.99. The zero-order valence-electron chi connectivity index (χ0n) is 13.5. The second kappa shape index (κ2) is 6.35. The fourth-order valence-electron chi connectivity index (χ4n) is 3.52. The van der Waals surface area contributed by atoms with E-state index in [0.29, 0.717) is 24.4 Å². The van der Waals surface area contributed by atoms with E-state index in [9.17, 15) is 13.6 Å². The van der Waals surface area contributed by atoms with Crippen LogP contribution in [0.3, 0.4) is 0 Å². The molecule has 25 heavy (non-hydrogen) atoms. The summed E-state index contributed by atoms with van der Waals surface area (Å²) in [5.41, 5.74) is 2.27. The van der Waals surface area contributed by atoms with Gasteiger partial charge in [-0.15, -0.1) is 0 Å². The lowest BCUT2D eigenvalue weighted by Crippen LogP contribution is -2.44. The molecule has 1 atom stereocenters. The maximum absolute atomic E-state index is 13.0. The van der Waals surface area contributed by atoms with Gasteiger partial charge in [-0.25, -0.2) is 0 Å². The SMILES string of the molecule is O=C(C1Cc2ccccc2O1)N1CCCc2cccc(OC(F)F)c21. The van der Waals surface area contributed by atoms with Crippen molar-refractivity contribution in [2.24, 2.45) is 0 Å². The van der Waals surface area contributed by atoms with Gasteiger partial charge in [-0.2, -0.15) is 8.78 Å². The summed E-state index contributed by atoms with van der Waals surface area (Å²) >= 11 is 0. The van der Waals surface area contributed by atoms with E-state index in [0.717, 1.165) is 24.0 Å². The maximum atomic E-state index is 13.0. The van der Waals surface area contributed by atoms with Crippen LogP contribution in [-0.4, -0.2) is 25.2 Å². The number of ether oxygens (including phenoxy) is 2. The molecule has 1 unspecified atom stereocenters. The molecule has 0 aliphatic carbocycles. The van der Waals surface area contributed by atoms with E-state index in [-0.39, 0.29) is 11.7 Å². The molecule has 4 rings (SSSR count). The van der Waals surface area contributed by atoms with Crippen molar-refractivity contribution in [3.63, 3.8) is 0 Å². The van der Waals surface area contributed by atoms with E-state index < -0.39 is 12.7 Å². The van der Waals surface area contributed by atoms with Gasteiger partial charge in [-0.1, -0.05) is 30.3 Å². The summed E-state index contributed by atoms with van der Waals surface area (Å²) in [4.78, 5) is 14.6. The first kappa shape index (κ1) is 15.9. The molecule has 130 valence electrons. The lowest BCUT2D eigenvalue weighted by Gasteiger charge is -2.32. The average Bonchev–Trinajstić information content (AvgIpc) is 3.04. The van der Waals surface area contributed by atoms with Crippen molar-refractivity contribution in [2.75, 3.05) is 11.4 Å². The van der Waals surface area contributed by atoms with Gasteiger partial charge in [-0.3, -0.25) is 4.79 Å². The first-order valence-electron chi connectivity index (χ1n) is 8.26. The fraction of sp³-hybridized carbons (Fsp3) is 0.316. The number of rotatable bonds is 3. The van der Waals surface area contributed by atoms with E-state index in [1.54, 1.807) is 6.07 Å². The lowest BCUT2D eigenvalue weighted by molar-refractivity contribution is -0.124. The molecule has 2 aliphatic heterocycles. The van der Waals surface area contributed by atoms with Crippen molar-refractivity contribution >= 4 is 11.6 Å². The Kier molecular flexibility index (Phi) is 4.03. The van der Waals surface area contributed by atoms with Gasteiger partial charge in [0, 0.05) is 13.0 Å². The van der Waals surface area contributed by atoms with Crippen molar-refractivity contribution in [3.05, 3.63) is 53.6 Å². The fourth-order valence-corrected chi connectivity index (χ4v) is 3.52.